The van der Waals surface area contributed by atoms with Crippen molar-refractivity contribution in [3.8, 4) is 5.75 Å². The Bertz CT molecular complexity index is 392. The Kier molecular flexibility index (Phi) is 5.95. The van der Waals surface area contributed by atoms with E-state index in [4.69, 9.17) is 16.3 Å². The van der Waals surface area contributed by atoms with Gasteiger partial charge in [0, 0.05) is 31.2 Å². The number of ether oxygens (including phenoxy) is 1. The number of benzene rings is 1. The lowest BCUT2D eigenvalue weighted by Crippen LogP contribution is -2.43. The molecule has 0 bridgehead atoms. The Labute approximate surface area is 120 Å². The Hall–Kier alpha value is -0.770. The maximum absolute atomic E-state index is 6.04. The van der Waals surface area contributed by atoms with Crippen molar-refractivity contribution in [1.29, 1.82) is 0 Å². The molecule has 0 atom stereocenters. The summed E-state index contributed by atoms with van der Waals surface area (Å²) < 4.78 is 5.37. The Morgan fingerprint density at radius 3 is 2.79 bits per heavy atom. The lowest BCUT2D eigenvalue weighted by molar-refractivity contribution is 0.237. The number of methoxy groups -OCH3 is 1. The van der Waals surface area contributed by atoms with Gasteiger partial charge < -0.3 is 15.0 Å². The average Bonchev–Trinajstić information content (AvgIpc) is 2.45. The fourth-order valence-electron chi connectivity index (χ4n) is 2.53. The third-order valence-corrected chi connectivity index (χ3v) is 3.86. The summed E-state index contributed by atoms with van der Waals surface area (Å²) in [6.45, 7) is 5.82. The fourth-order valence-corrected chi connectivity index (χ4v) is 2.72. The molecular weight excluding hydrogens is 260 g/mol. The van der Waals surface area contributed by atoms with Crippen LogP contribution in [0.2, 0.25) is 5.02 Å². The highest BCUT2D eigenvalue weighted by Gasteiger charge is 2.09. The van der Waals surface area contributed by atoms with E-state index in [0.717, 1.165) is 30.3 Å². The molecule has 1 N–H and O–H groups in total. The van der Waals surface area contributed by atoms with Gasteiger partial charge in [-0.2, -0.15) is 0 Å². The van der Waals surface area contributed by atoms with Gasteiger partial charge in [-0.05, 0) is 49.6 Å². The van der Waals surface area contributed by atoms with Crippen LogP contribution in [0.4, 0.5) is 0 Å². The summed E-state index contributed by atoms with van der Waals surface area (Å²) in [6, 6.07) is 5.85. The average molecular weight is 283 g/mol. The minimum absolute atomic E-state index is 0.790. The van der Waals surface area contributed by atoms with E-state index in [1.54, 1.807) is 7.11 Å². The van der Waals surface area contributed by atoms with Crippen molar-refractivity contribution >= 4 is 11.6 Å². The number of nitrogens with one attached hydrogen (secondary N) is 1. The lowest BCUT2D eigenvalue weighted by Gasteiger charge is -2.27. The molecule has 0 amide bonds. The maximum Gasteiger partial charge on any atom is 0.122 e. The van der Waals surface area contributed by atoms with Gasteiger partial charge in [0.2, 0.25) is 0 Å². The molecule has 1 aromatic rings. The van der Waals surface area contributed by atoms with E-state index in [1.807, 2.05) is 18.2 Å². The van der Waals surface area contributed by atoms with Gasteiger partial charge in [-0.15, -0.1) is 0 Å². The van der Waals surface area contributed by atoms with Crippen LogP contribution < -0.4 is 10.1 Å². The standard InChI is InChI=1S/C15H23ClN2O/c1-19-15-6-5-14(16)12-13(15)4-2-3-9-18-10-7-17-8-11-18/h5-6,12,17H,2-4,7-11H2,1H3. The first-order valence-corrected chi connectivity index (χ1v) is 7.43. The molecule has 2 rings (SSSR count). The number of hydrogen-bond acceptors (Lipinski definition) is 3. The zero-order valence-corrected chi connectivity index (χ0v) is 12.4. The zero-order valence-electron chi connectivity index (χ0n) is 11.6. The highest BCUT2D eigenvalue weighted by molar-refractivity contribution is 6.30. The molecule has 1 saturated heterocycles. The molecule has 106 valence electrons. The van der Waals surface area contributed by atoms with Crippen LogP contribution >= 0.6 is 11.6 Å². The van der Waals surface area contributed by atoms with Crippen LogP contribution in [0.15, 0.2) is 18.2 Å². The summed E-state index contributed by atoms with van der Waals surface area (Å²) in [5.74, 6) is 0.951. The van der Waals surface area contributed by atoms with Crippen LogP contribution in [0.1, 0.15) is 18.4 Å². The first-order valence-electron chi connectivity index (χ1n) is 7.05. The van der Waals surface area contributed by atoms with Crippen LogP contribution in [0.3, 0.4) is 0 Å². The highest BCUT2D eigenvalue weighted by Crippen LogP contribution is 2.24. The van der Waals surface area contributed by atoms with Gasteiger partial charge in [-0.1, -0.05) is 11.6 Å². The second kappa shape index (κ2) is 7.73. The van der Waals surface area contributed by atoms with Crippen LogP contribution in [-0.2, 0) is 6.42 Å². The van der Waals surface area contributed by atoms with Gasteiger partial charge in [0.25, 0.3) is 0 Å². The van der Waals surface area contributed by atoms with Gasteiger partial charge in [-0.3, -0.25) is 0 Å². The van der Waals surface area contributed by atoms with E-state index in [2.05, 4.69) is 10.2 Å². The molecule has 19 heavy (non-hydrogen) atoms. The summed E-state index contributed by atoms with van der Waals surface area (Å²) in [7, 11) is 1.72. The summed E-state index contributed by atoms with van der Waals surface area (Å²) in [4.78, 5) is 2.53. The van der Waals surface area contributed by atoms with Crippen LogP contribution in [0, 0.1) is 0 Å². The largest absolute Gasteiger partial charge is 0.496 e. The van der Waals surface area contributed by atoms with Gasteiger partial charge in [0.15, 0.2) is 0 Å². The summed E-state index contributed by atoms with van der Waals surface area (Å²) in [5, 5.41) is 4.17. The molecule has 1 heterocycles. The van der Waals surface area contributed by atoms with Crippen molar-refractivity contribution in [2.45, 2.75) is 19.3 Å². The Morgan fingerprint density at radius 2 is 2.05 bits per heavy atom. The molecule has 1 aliphatic heterocycles. The van der Waals surface area contributed by atoms with Crippen molar-refractivity contribution in [1.82, 2.24) is 10.2 Å². The quantitative estimate of drug-likeness (QED) is 0.812. The first kappa shape index (κ1) is 14.6. The van der Waals surface area contributed by atoms with E-state index in [1.165, 1.54) is 38.0 Å². The third kappa shape index (κ3) is 4.68. The second-order valence-electron chi connectivity index (χ2n) is 5.00. The number of halogens is 1. The van der Waals surface area contributed by atoms with E-state index < -0.39 is 0 Å². The Morgan fingerprint density at radius 1 is 1.26 bits per heavy atom. The number of nitrogens with zero attached hydrogens (tertiary/aromatic N) is 1. The predicted molar refractivity (Wildman–Crippen MR) is 80.3 cm³/mol. The predicted octanol–water partition coefficient (Wildman–Crippen LogP) is 2.58. The molecule has 0 spiro atoms. The van der Waals surface area contributed by atoms with E-state index in [9.17, 15) is 0 Å². The molecule has 1 fully saturated rings. The smallest absolute Gasteiger partial charge is 0.122 e. The third-order valence-electron chi connectivity index (χ3n) is 3.62. The molecule has 0 saturated carbocycles. The topological polar surface area (TPSA) is 24.5 Å². The summed E-state index contributed by atoms with van der Waals surface area (Å²) in [5.41, 5.74) is 1.22. The minimum atomic E-state index is 0.790. The molecular formula is C15H23ClN2O. The Balaban J connectivity index is 1.74. The monoisotopic (exact) mass is 282 g/mol. The zero-order chi connectivity index (χ0) is 13.5. The minimum Gasteiger partial charge on any atom is -0.496 e. The van der Waals surface area contributed by atoms with E-state index in [0.29, 0.717) is 0 Å². The number of rotatable bonds is 6. The summed E-state index contributed by atoms with van der Waals surface area (Å²) in [6.07, 6.45) is 3.45. The molecule has 0 aromatic heterocycles. The molecule has 0 radical (unpaired) electrons. The lowest BCUT2D eigenvalue weighted by atomic mass is 10.1. The first-order chi connectivity index (χ1) is 9.29. The second-order valence-corrected chi connectivity index (χ2v) is 5.44. The number of piperazine rings is 1. The number of aryl methyl sites for hydroxylation is 1. The molecule has 4 heteroatoms. The fraction of sp³-hybridized carbons (Fsp3) is 0.600. The number of unbranched alkanes of at least 4 members (excludes halogenated alkanes) is 1. The highest BCUT2D eigenvalue weighted by atomic mass is 35.5. The van der Waals surface area contributed by atoms with Gasteiger partial charge in [-0.25, -0.2) is 0 Å². The van der Waals surface area contributed by atoms with Crippen LogP contribution in [-0.4, -0.2) is 44.7 Å². The van der Waals surface area contributed by atoms with Gasteiger partial charge in [0.05, 0.1) is 7.11 Å². The normalized spacial score (nSPS) is 16.5. The van der Waals surface area contributed by atoms with Crippen molar-refractivity contribution in [3.63, 3.8) is 0 Å². The van der Waals surface area contributed by atoms with Crippen molar-refractivity contribution in [2.24, 2.45) is 0 Å². The van der Waals surface area contributed by atoms with Crippen LogP contribution in [0.25, 0.3) is 0 Å². The number of hydrogen-bond donors (Lipinski definition) is 1. The van der Waals surface area contributed by atoms with Crippen molar-refractivity contribution in [3.05, 3.63) is 28.8 Å². The maximum atomic E-state index is 6.04. The van der Waals surface area contributed by atoms with E-state index in [-0.39, 0.29) is 0 Å². The van der Waals surface area contributed by atoms with Gasteiger partial charge >= 0.3 is 0 Å². The SMILES string of the molecule is COc1ccc(Cl)cc1CCCCN1CCNCC1. The molecule has 0 unspecified atom stereocenters. The molecule has 1 aromatic carbocycles. The molecule has 0 aliphatic carbocycles. The molecule has 3 nitrogen and oxygen atoms in total. The van der Waals surface area contributed by atoms with Crippen molar-refractivity contribution in [2.75, 3.05) is 39.8 Å². The van der Waals surface area contributed by atoms with Crippen molar-refractivity contribution < 1.29 is 4.74 Å². The van der Waals surface area contributed by atoms with Crippen LogP contribution in [0.5, 0.6) is 5.75 Å². The summed E-state index contributed by atoms with van der Waals surface area (Å²) >= 11 is 6.04. The van der Waals surface area contributed by atoms with E-state index >= 15 is 0 Å². The molecule has 1 aliphatic rings. The van der Waals surface area contributed by atoms with Gasteiger partial charge in [0.1, 0.15) is 5.75 Å².